The maximum Gasteiger partial charge on any atom is 0.263 e. The number of allylic oxidation sites excluding steroid dienone is 1. The smallest absolute Gasteiger partial charge is 0.263 e. The van der Waals surface area contributed by atoms with Crippen LogP contribution in [0.2, 0.25) is 0 Å². The van der Waals surface area contributed by atoms with Crippen LogP contribution in [-0.4, -0.2) is 15.5 Å². The molecule has 1 saturated heterocycles. The van der Waals surface area contributed by atoms with Crippen molar-refractivity contribution in [3.8, 4) is 0 Å². The summed E-state index contributed by atoms with van der Waals surface area (Å²) in [6.45, 7) is 7.42. The normalized spacial score (nSPS) is 19.4. The second-order valence-electron chi connectivity index (χ2n) is 5.08. The number of rotatable bonds is 1. The van der Waals surface area contributed by atoms with E-state index in [1.807, 2.05) is 12.3 Å². The third-order valence-corrected chi connectivity index (χ3v) is 4.62. The highest BCUT2D eigenvalue weighted by atomic mass is 32.1. The van der Waals surface area contributed by atoms with Gasteiger partial charge in [0.2, 0.25) is 5.91 Å². The number of hydrogen-bond donors (Lipinski definition) is 1. The van der Waals surface area contributed by atoms with Crippen molar-refractivity contribution in [3.63, 3.8) is 0 Å². The monoisotopic (exact) mass is 289 g/mol. The zero-order chi connectivity index (χ0) is 14.4. The summed E-state index contributed by atoms with van der Waals surface area (Å²) < 4.78 is 1.52. The molecule has 1 amide bonds. The summed E-state index contributed by atoms with van der Waals surface area (Å²) in [5, 5.41) is 5.27. The largest absolute Gasteiger partial charge is 0.329 e. The number of aryl methyl sites for hydroxylation is 2. The Labute approximate surface area is 119 Å². The summed E-state index contributed by atoms with van der Waals surface area (Å²) in [6.07, 6.45) is 1.27. The maximum absolute atomic E-state index is 12.7. The quantitative estimate of drug-likeness (QED) is 0.873. The summed E-state index contributed by atoms with van der Waals surface area (Å²) in [4.78, 5) is 30.0. The van der Waals surface area contributed by atoms with Gasteiger partial charge in [0.25, 0.3) is 5.56 Å². The molecule has 5 nitrogen and oxygen atoms in total. The zero-order valence-corrected chi connectivity index (χ0v) is 12.2. The van der Waals surface area contributed by atoms with Gasteiger partial charge in [-0.05, 0) is 37.6 Å². The van der Waals surface area contributed by atoms with Crippen molar-refractivity contribution >= 4 is 27.5 Å². The van der Waals surface area contributed by atoms with Gasteiger partial charge in [-0.2, -0.15) is 0 Å². The molecule has 0 spiro atoms. The van der Waals surface area contributed by atoms with Crippen molar-refractivity contribution in [3.05, 3.63) is 39.4 Å². The molecule has 0 saturated carbocycles. The first-order valence-electron chi connectivity index (χ1n) is 6.44. The lowest BCUT2D eigenvalue weighted by Crippen LogP contribution is -2.41. The first-order chi connectivity index (χ1) is 9.49. The Morgan fingerprint density at radius 2 is 2.20 bits per heavy atom. The van der Waals surface area contributed by atoms with Crippen LogP contribution in [0.1, 0.15) is 30.3 Å². The molecule has 20 heavy (non-hydrogen) atoms. The van der Waals surface area contributed by atoms with Crippen LogP contribution in [0, 0.1) is 13.8 Å². The van der Waals surface area contributed by atoms with E-state index in [0.29, 0.717) is 29.7 Å². The molecule has 104 valence electrons. The minimum absolute atomic E-state index is 0.126. The molecule has 1 atom stereocenters. The summed E-state index contributed by atoms with van der Waals surface area (Å²) in [5.74, 6) is 0.400. The van der Waals surface area contributed by atoms with E-state index < -0.39 is 6.04 Å². The molecule has 0 aromatic carbocycles. The molecule has 1 aliphatic rings. The molecular formula is C14H15N3O2S. The van der Waals surface area contributed by atoms with Crippen LogP contribution in [0.15, 0.2) is 22.5 Å². The van der Waals surface area contributed by atoms with Gasteiger partial charge in [0.1, 0.15) is 16.7 Å². The highest BCUT2D eigenvalue weighted by molar-refractivity contribution is 7.16. The van der Waals surface area contributed by atoms with Gasteiger partial charge in [0, 0.05) is 5.70 Å². The average molecular weight is 289 g/mol. The van der Waals surface area contributed by atoms with Crippen molar-refractivity contribution in [2.45, 2.75) is 32.7 Å². The molecular weight excluding hydrogens is 274 g/mol. The fourth-order valence-electron chi connectivity index (χ4n) is 2.62. The molecule has 0 bridgehead atoms. The number of nitrogens with one attached hydrogen (secondary N) is 1. The van der Waals surface area contributed by atoms with E-state index in [1.54, 1.807) is 6.92 Å². The summed E-state index contributed by atoms with van der Waals surface area (Å²) in [6, 6.07) is -0.496. The molecule has 0 radical (unpaired) electrons. The first kappa shape index (κ1) is 13.1. The summed E-state index contributed by atoms with van der Waals surface area (Å²) >= 11 is 1.46. The molecule has 3 rings (SSSR count). The van der Waals surface area contributed by atoms with Crippen LogP contribution >= 0.6 is 11.3 Å². The predicted molar refractivity (Wildman–Crippen MR) is 78.9 cm³/mol. The van der Waals surface area contributed by atoms with Crippen LogP contribution < -0.4 is 10.9 Å². The van der Waals surface area contributed by atoms with Crippen molar-refractivity contribution in [2.75, 3.05) is 0 Å². The third kappa shape index (κ3) is 1.87. The average Bonchev–Trinajstić information content (AvgIpc) is 2.73. The van der Waals surface area contributed by atoms with Gasteiger partial charge < -0.3 is 5.32 Å². The Morgan fingerprint density at radius 3 is 2.90 bits per heavy atom. The van der Waals surface area contributed by atoms with E-state index >= 15 is 0 Å². The Morgan fingerprint density at radius 1 is 1.45 bits per heavy atom. The lowest BCUT2D eigenvalue weighted by molar-refractivity contribution is -0.124. The van der Waals surface area contributed by atoms with Crippen molar-refractivity contribution < 1.29 is 4.79 Å². The van der Waals surface area contributed by atoms with Crippen molar-refractivity contribution in [1.82, 2.24) is 14.9 Å². The molecule has 1 aliphatic heterocycles. The topological polar surface area (TPSA) is 64.0 Å². The lowest BCUT2D eigenvalue weighted by atomic mass is 10.0. The molecule has 0 aliphatic carbocycles. The number of amides is 1. The van der Waals surface area contributed by atoms with E-state index in [2.05, 4.69) is 16.9 Å². The van der Waals surface area contributed by atoms with Crippen LogP contribution in [0.4, 0.5) is 0 Å². The van der Waals surface area contributed by atoms with Gasteiger partial charge in [0.15, 0.2) is 0 Å². The number of nitrogens with zero attached hydrogens (tertiary/aromatic N) is 2. The summed E-state index contributed by atoms with van der Waals surface area (Å²) in [7, 11) is 0. The maximum atomic E-state index is 12.7. The van der Waals surface area contributed by atoms with E-state index in [4.69, 9.17) is 0 Å². The van der Waals surface area contributed by atoms with Gasteiger partial charge in [-0.3, -0.25) is 14.2 Å². The molecule has 1 fully saturated rings. The number of fused-ring (bicyclic) bond motifs is 1. The van der Waals surface area contributed by atoms with Crippen LogP contribution in [0.25, 0.3) is 10.2 Å². The Hall–Kier alpha value is -1.95. The van der Waals surface area contributed by atoms with Gasteiger partial charge in [-0.15, -0.1) is 11.3 Å². The Bertz CT molecular complexity index is 788. The SMILES string of the molecule is C=C1CCC(n2c(C)nc3scc(C)c3c2=O)C(=O)N1. The number of hydrogen-bond acceptors (Lipinski definition) is 4. The van der Waals surface area contributed by atoms with Gasteiger partial charge in [-0.25, -0.2) is 4.98 Å². The molecule has 1 N–H and O–H groups in total. The second-order valence-corrected chi connectivity index (χ2v) is 5.94. The third-order valence-electron chi connectivity index (χ3n) is 3.63. The Kier molecular flexibility index (Phi) is 2.97. The van der Waals surface area contributed by atoms with Crippen molar-refractivity contribution in [2.24, 2.45) is 0 Å². The minimum Gasteiger partial charge on any atom is -0.329 e. The highest BCUT2D eigenvalue weighted by Gasteiger charge is 2.28. The number of thiophene rings is 1. The summed E-state index contributed by atoms with van der Waals surface area (Å²) in [5.41, 5.74) is 1.49. The molecule has 2 aromatic rings. The standard InChI is InChI=1S/C14H15N3O2S/c1-7-6-20-13-11(7)14(19)17(9(3)16-13)10-5-4-8(2)15-12(10)18/h6,10H,2,4-5H2,1,3H3,(H,15,18). The van der Waals surface area contributed by atoms with Crippen LogP contribution in [0.5, 0.6) is 0 Å². The number of carbonyl (C=O) groups excluding carboxylic acids is 1. The van der Waals surface area contributed by atoms with E-state index in [0.717, 1.165) is 10.4 Å². The number of carbonyl (C=O) groups is 1. The highest BCUT2D eigenvalue weighted by Crippen LogP contribution is 2.25. The second kappa shape index (κ2) is 4.56. The predicted octanol–water partition coefficient (Wildman–Crippen LogP) is 2.04. The van der Waals surface area contributed by atoms with E-state index in [1.165, 1.54) is 15.9 Å². The minimum atomic E-state index is -0.496. The van der Waals surface area contributed by atoms with E-state index in [-0.39, 0.29) is 11.5 Å². The fourth-order valence-corrected chi connectivity index (χ4v) is 3.57. The number of aromatic nitrogens is 2. The Balaban J connectivity index is 2.21. The fraction of sp³-hybridized carbons (Fsp3) is 0.357. The zero-order valence-electron chi connectivity index (χ0n) is 11.4. The van der Waals surface area contributed by atoms with Gasteiger partial charge >= 0.3 is 0 Å². The van der Waals surface area contributed by atoms with Gasteiger partial charge in [0.05, 0.1) is 5.39 Å². The van der Waals surface area contributed by atoms with Crippen LogP contribution in [-0.2, 0) is 4.79 Å². The molecule has 6 heteroatoms. The lowest BCUT2D eigenvalue weighted by Gasteiger charge is -2.26. The molecule has 1 unspecified atom stereocenters. The van der Waals surface area contributed by atoms with Crippen molar-refractivity contribution in [1.29, 1.82) is 0 Å². The van der Waals surface area contributed by atoms with Crippen LogP contribution in [0.3, 0.4) is 0 Å². The first-order valence-corrected chi connectivity index (χ1v) is 7.32. The molecule has 2 aromatic heterocycles. The number of piperidine rings is 1. The van der Waals surface area contributed by atoms with E-state index in [9.17, 15) is 9.59 Å². The molecule has 3 heterocycles. The van der Waals surface area contributed by atoms with Gasteiger partial charge in [-0.1, -0.05) is 6.58 Å².